The van der Waals surface area contributed by atoms with Crippen LogP contribution >= 0.6 is 0 Å². The minimum absolute atomic E-state index is 0.112. The Morgan fingerprint density at radius 3 is 2.78 bits per heavy atom. The van der Waals surface area contributed by atoms with E-state index in [1.807, 2.05) is 49.4 Å². The van der Waals surface area contributed by atoms with Crippen LogP contribution < -0.4 is 4.72 Å². The summed E-state index contributed by atoms with van der Waals surface area (Å²) in [6.45, 7) is 2.95. The zero-order valence-electron chi connectivity index (χ0n) is 10.4. The van der Waals surface area contributed by atoms with Gasteiger partial charge in [-0.25, -0.2) is 0 Å². The van der Waals surface area contributed by atoms with Crippen LogP contribution in [0.3, 0.4) is 0 Å². The molecule has 1 aliphatic heterocycles. The molecule has 0 radical (unpaired) electrons. The number of nitrogens with zero attached hydrogens (tertiary/aromatic N) is 1. The van der Waals surface area contributed by atoms with Crippen molar-refractivity contribution in [3.8, 4) is 0 Å². The van der Waals surface area contributed by atoms with Crippen molar-refractivity contribution in [1.82, 2.24) is 9.03 Å². The molecule has 1 N–H and O–H groups in total. The molecule has 1 aromatic carbocycles. The average molecular weight is 266 g/mol. The first-order valence-electron chi connectivity index (χ1n) is 6.10. The van der Waals surface area contributed by atoms with Gasteiger partial charge in [0.25, 0.3) is 10.2 Å². The normalized spacial score (nSPS) is 23.7. The summed E-state index contributed by atoms with van der Waals surface area (Å²) in [6.07, 6.45) is 4.82. The topological polar surface area (TPSA) is 49.4 Å². The van der Waals surface area contributed by atoms with E-state index in [9.17, 15) is 8.42 Å². The lowest BCUT2D eigenvalue weighted by molar-refractivity contribution is 0.435. The molecule has 98 valence electrons. The maximum Gasteiger partial charge on any atom is 0.280 e. The Hall–Kier alpha value is -1.17. The van der Waals surface area contributed by atoms with Gasteiger partial charge >= 0.3 is 0 Å². The molecule has 4 nitrogen and oxygen atoms in total. The van der Waals surface area contributed by atoms with Gasteiger partial charge in [0, 0.05) is 13.1 Å². The Labute approximate surface area is 108 Å². The van der Waals surface area contributed by atoms with Gasteiger partial charge < -0.3 is 0 Å². The Balaban J connectivity index is 2.07. The summed E-state index contributed by atoms with van der Waals surface area (Å²) in [7, 11) is -3.33. The van der Waals surface area contributed by atoms with Gasteiger partial charge in [0.1, 0.15) is 0 Å². The molecule has 0 spiro atoms. The number of rotatable bonds is 4. The molecule has 18 heavy (non-hydrogen) atoms. The molecule has 0 saturated carbocycles. The smallest absolute Gasteiger partial charge is 0.195 e. The molecule has 1 aliphatic rings. The third-order valence-electron chi connectivity index (χ3n) is 2.85. The summed E-state index contributed by atoms with van der Waals surface area (Å²) in [6, 6.07) is 9.51. The largest absolute Gasteiger partial charge is 0.280 e. The molecule has 1 atom stereocenters. The SMILES string of the molecule is CC/C=C/C1CN(Cc2ccccc2)S(=O)(=O)N1. The minimum Gasteiger partial charge on any atom is -0.195 e. The van der Waals surface area contributed by atoms with Crippen molar-refractivity contribution < 1.29 is 8.42 Å². The van der Waals surface area contributed by atoms with E-state index < -0.39 is 10.2 Å². The highest BCUT2D eigenvalue weighted by Crippen LogP contribution is 2.15. The van der Waals surface area contributed by atoms with Crippen LogP contribution in [0.25, 0.3) is 0 Å². The molecule has 1 unspecified atom stereocenters. The van der Waals surface area contributed by atoms with Crippen LogP contribution in [0.15, 0.2) is 42.5 Å². The number of nitrogens with one attached hydrogen (secondary N) is 1. The van der Waals surface area contributed by atoms with Crippen LogP contribution in [0.2, 0.25) is 0 Å². The summed E-state index contributed by atoms with van der Waals surface area (Å²) in [5.74, 6) is 0. The van der Waals surface area contributed by atoms with Crippen LogP contribution in [0, 0.1) is 0 Å². The average Bonchev–Trinajstić information content (AvgIpc) is 2.63. The molecule has 0 amide bonds. The molecule has 0 aromatic heterocycles. The van der Waals surface area contributed by atoms with Gasteiger partial charge in [-0.2, -0.15) is 17.4 Å². The molecular weight excluding hydrogens is 248 g/mol. The summed E-state index contributed by atoms with van der Waals surface area (Å²) in [5.41, 5.74) is 1.00. The molecule has 2 rings (SSSR count). The van der Waals surface area contributed by atoms with Crippen LogP contribution in [-0.2, 0) is 16.8 Å². The predicted octanol–water partition coefficient (Wildman–Crippen LogP) is 1.67. The quantitative estimate of drug-likeness (QED) is 0.843. The van der Waals surface area contributed by atoms with E-state index in [2.05, 4.69) is 4.72 Å². The molecule has 5 heteroatoms. The van der Waals surface area contributed by atoms with Gasteiger partial charge in [-0.15, -0.1) is 0 Å². The van der Waals surface area contributed by atoms with E-state index in [-0.39, 0.29) is 6.04 Å². The Morgan fingerprint density at radius 1 is 1.39 bits per heavy atom. The molecule has 1 saturated heterocycles. The van der Waals surface area contributed by atoms with E-state index in [4.69, 9.17) is 0 Å². The predicted molar refractivity (Wildman–Crippen MR) is 72.1 cm³/mol. The third kappa shape index (κ3) is 3.19. The lowest BCUT2D eigenvalue weighted by Crippen LogP contribution is -2.29. The second kappa shape index (κ2) is 5.65. The van der Waals surface area contributed by atoms with Gasteiger partial charge in [-0.3, -0.25) is 0 Å². The fourth-order valence-electron chi connectivity index (χ4n) is 1.96. The van der Waals surface area contributed by atoms with Crippen LogP contribution in [0.5, 0.6) is 0 Å². The molecule has 1 fully saturated rings. The highest BCUT2D eigenvalue weighted by Gasteiger charge is 2.33. The number of hydrogen-bond donors (Lipinski definition) is 1. The van der Waals surface area contributed by atoms with E-state index in [1.54, 1.807) is 0 Å². The van der Waals surface area contributed by atoms with Crippen molar-refractivity contribution in [2.24, 2.45) is 0 Å². The summed E-state index contributed by atoms with van der Waals surface area (Å²) < 4.78 is 28.0. The summed E-state index contributed by atoms with van der Waals surface area (Å²) >= 11 is 0. The fraction of sp³-hybridized carbons (Fsp3) is 0.385. The number of benzene rings is 1. The molecule has 0 bridgehead atoms. The minimum atomic E-state index is -3.33. The maximum atomic E-state index is 11.9. The van der Waals surface area contributed by atoms with Crippen molar-refractivity contribution in [3.63, 3.8) is 0 Å². The Kier molecular flexibility index (Phi) is 4.16. The van der Waals surface area contributed by atoms with E-state index in [0.29, 0.717) is 13.1 Å². The Morgan fingerprint density at radius 2 is 2.11 bits per heavy atom. The van der Waals surface area contributed by atoms with Crippen molar-refractivity contribution in [2.45, 2.75) is 25.9 Å². The van der Waals surface area contributed by atoms with Gasteiger partial charge in [-0.05, 0) is 12.0 Å². The van der Waals surface area contributed by atoms with E-state index in [0.717, 1.165) is 12.0 Å². The van der Waals surface area contributed by atoms with Crippen molar-refractivity contribution >= 4 is 10.2 Å². The lowest BCUT2D eigenvalue weighted by Gasteiger charge is -2.12. The summed E-state index contributed by atoms with van der Waals surface area (Å²) in [5, 5.41) is 0. The zero-order valence-corrected chi connectivity index (χ0v) is 11.2. The standard InChI is InChI=1S/C13H18N2O2S/c1-2-3-9-13-11-15(18(16,17)14-13)10-12-7-5-4-6-8-12/h3-9,13-14H,2,10-11H2,1H3/b9-3+. The van der Waals surface area contributed by atoms with E-state index >= 15 is 0 Å². The van der Waals surface area contributed by atoms with Crippen LogP contribution in [0.1, 0.15) is 18.9 Å². The van der Waals surface area contributed by atoms with Gasteiger partial charge in [0.05, 0.1) is 6.04 Å². The number of allylic oxidation sites excluding steroid dienone is 1. The van der Waals surface area contributed by atoms with Gasteiger partial charge in [0.15, 0.2) is 0 Å². The highest BCUT2D eigenvalue weighted by molar-refractivity contribution is 7.87. The van der Waals surface area contributed by atoms with Crippen LogP contribution in [-0.4, -0.2) is 25.3 Å². The fourth-order valence-corrected chi connectivity index (χ4v) is 3.32. The van der Waals surface area contributed by atoms with Gasteiger partial charge in [-0.1, -0.05) is 49.4 Å². The molecule has 1 aromatic rings. The maximum absolute atomic E-state index is 11.9. The third-order valence-corrected chi connectivity index (χ3v) is 4.41. The molecule has 1 heterocycles. The van der Waals surface area contributed by atoms with Crippen molar-refractivity contribution in [3.05, 3.63) is 48.0 Å². The second-order valence-corrected chi connectivity index (χ2v) is 6.05. The molecular formula is C13H18N2O2S. The summed E-state index contributed by atoms with van der Waals surface area (Å²) in [4.78, 5) is 0. The highest BCUT2D eigenvalue weighted by atomic mass is 32.2. The van der Waals surface area contributed by atoms with Crippen molar-refractivity contribution in [1.29, 1.82) is 0 Å². The first-order valence-corrected chi connectivity index (χ1v) is 7.54. The van der Waals surface area contributed by atoms with Crippen molar-refractivity contribution in [2.75, 3.05) is 6.54 Å². The first kappa shape index (κ1) is 13.3. The second-order valence-electron chi connectivity index (χ2n) is 4.34. The van der Waals surface area contributed by atoms with E-state index in [1.165, 1.54) is 4.31 Å². The lowest BCUT2D eigenvalue weighted by atomic mass is 10.2. The molecule has 0 aliphatic carbocycles. The monoisotopic (exact) mass is 266 g/mol. The van der Waals surface area contributed by atoms with Crippen LogP contribution in [0.4, 0.5) is 0 Å². The van der Waals surface area contributed by atoms with Gasteiger partial charge in [0.2, 0.25) is 0 Å². The first-order chi connectivity index (χ1) is 8.62. The zero-order chi connectivity index (χ0) is 13.0. The number of hydrogen-bond acceptors (Lipinski definition) is 2. The Bertz CT molecular complexity index is 511.